The highest BCUT2D eigenvalue weighted by Gasteiger charge is 2.31. The van der Waals surface area contributed by atoms with Crippen molar-refractivity contribution in [1.29, 1.82) is 5.26 Å². The van der Waals surface area contributed by atoms with Crippen LogP contribution >= 0.6 is 34.8 Å². The summed E-state index contributed by atoms with van der Waals surface area (Å²) in [5.41, 5.74) is -1.27. The minimum absolute atomic E-state index is 0.118. The van der Waals surface area contributed by atoms with Crippen LogP contribution in [0.1, 0.15) is 11.3 Å². The molecule has 1 heterocycles. The number of hydrogen-bond acceptors (Lipinski definition) is 3. The second kappa shape index (κ2) is 9.06. The van der Waals surface area contributed by atoms with Gasteiger partial charge < -0.3 is 9.73 Å². The van der Waals surface area contributed by atoms with E-state index in [4.69, 9.17) is 39.2 Å². The number of amides is 1. The molecule has 1 aromatic heterocycles. The van der Waals surface area contributed by atoms with Crippen LogP contribution in [0.15, 0.2) is 58.5 Å². The minimum Gasteiger partial charge on any atom is -0.457 e. The Morgan fingerprint density at radius 1 is 1.03 bits per heavy atom. The molecule has 0 atom stereocenters. The summed E-state index contributed by atoms with van der Waals surface area (Å²) in [7, 11) is 0. The van der Waals surface area contributed by atoms with Gasteiger partial charge in [-0.05, 0) is 42.5 Å². The van der Waals surface area contributed by atoms with Crippen LogP contribution < -0.4 is 5.32 Å². The molecule has 0 saturated carbocycles. The van der Waals surface area contributed by atoms with Crippen molar-refractivity contribution >= 4 is 52.5 Å². The van der Waals surface area contributed by atoms with Crippen molar-refractivity contribution in [3.05, 3.63) is 80.5 Å². The third kappa shape index (κ3) is 5.23. The van der Waals surface area contributed by atoms with E-state index in [9.17, 15) is 23.2 Å². The van der Waals surface area contributed by atoms with Gasteiger partial charge in [0.1, 0.15) is 23.2 Å². The summed E-state index contributed by atoms with van der Waals surface area (Å²) in [4.78, 5) is 12.4. The summed E-state index contributed by atoms with van der Waals surface area (Å²) in [5, 5.41) is 12.1. The van der Waals surface area contributed by atoms with Crippen LogP contribution in [0.25, 0.3) is 17.4 Å². The van der Waals surface area contributed by atoms with Crippen LogP contribution in [0.5, 0.6) is 0 Å². The predicted octanol–water partition coefficient (Wildman–Crippen LogP) is 7.47. The first-order chi connectivity index (χ1) is 14.6. The van der Waals surface area contributed by atoms with Crippen LogP contribution in [0.2, 0.25) is 15.1 Å². The summed E-state index contributed by atoms with van der Waals surface area (Å²) in [5.74, 6) is -0.522. The Kier molecular flexibility index (Phi) is 6.65. The van der Waals surface area contributed by atoms with E-state index >= 15 is 0 Å². The first-order valence-electron chi connectivity index (χ1n) is 8.44. The Bertz CT molecular complexity index is 1210. The number of halogens is 6. The Morgan fingerprint density at radius 2 is 1.71 bits per heavy atom. The van der Waals surface area contributed by atoms with Crippen molar-refractivity contribution in [3.63, 3.8) is 0 Å². The quantitative estimate of drug-likeness (QED) is 0.308. The molecule has 0 saturated heterocycles. The Balaban J connectivity index is 1.88. The van der Waals surface area contributed by atoms with Crippen LogP contribution in [0.3, 0.4) is 0 Å². The molecular weight excluding hydrogens is 476 g/mol. The van der Waals surface area contributed by atoms with E-state index in [0.717, 1.165) is 18.2 Å². The highest BCUT2D eigenvalue weighted by atomic mass is 35.5. The second-order valence-corrected chi connectivity index (χ2v) is 7.34. The Hall–Kier alpha value is -2.92. The molecule has 3 rings (SSSR count). The lowest BCUT2D eigenvalue weighted by atomic mass is 10.1. The van der Waals surface area contributed by atoms with Gasteiger partial charge in [0.15, 0.2) is 0 Å². The third-order valence-corrected chi connectivity index (χ3v) is 4.99. The number of nitrogens with zero attached hydrogens (tertiary/aromatic N) is 1. The second-order valence-electron chi connectivity index (χ2n) is 6.11. The predicted molar refractivity (Wildman–Crippen MR) is 113 cm³/mol. The highest BCUT2D eigenvalue weighted by molar-refractivity contribution is 6.39. The van der Waals surface area contributed by atoms with Gasteiger partial charge in [-0.15, -0.1) is 0 Å². The molecule has 0 bridgehead atoms. The molecule has 3 aromatic rings. The molecule has 10 heteroatoms. The van der Waals surface area contributed by atoms with Gasteiger partial charge in [-0.3, -0.25) is 4.79 Å². The fourth-order valence-electron chi connectivity index (χ4n) is 2.58. The minimum atomic E-state index is -4.62. The molecule has 4 nitrogen and oxygen atoms in total. The van der Waals surface area contributed by atoms with Gasteiger partial charge in [-0.2, -0.15) is 18.4 Å². The van der Waals surface area contributed by atoms with E-state index in [0.29, 0.717) is 27.4 Å². The topological polar surface area (TPSA) is 66.0 Å². The molecule has 0 fully saturated rings. The number of alkyl halides is 3. The average molecular weight is 486 g/mol. The summed E-state index contributed by atoms with van der Waals surface area (Å²) in [6.07, 6.45) is -3.49. The SMILES string of the molecule is N#C/C(=C\c1ccc(-c2c(Cl)cccc2Cl)o1)C(=O)Nc1cc(C(F)(F)F)ccc1Cl. The number of benzene rings is 2. The molecule has 0 spiro atoms. The Morgan fingerprint density at radius 3 is 2.32 bits per heavy atom. The largest absolute Gasteiger partial charge is 0.457 e. The van der Waals surface area contributed by atoms with Gasteiger partial charge in [0, 0.05) is 6.08 Å². The molecule has 2 aromatic carbocycles. The summed E-state index contributed by atoms with van der Waals surface area (Å²) in [6, 6.07) is 12.1. The zero-order valence-corrected chi connectivity index (χ0v) is 17.5. The first kappa shape index (κ1) is 22.8. The van der Waals surface area contributed by atoms with Crippen LogP contribution in [0, 0.1) is 11.3 Å². The molecule has 0 aliphatic carbocycles. The number of anilines is 1. The molecule has 1 N–H and O–H groups in total. The standard InChI is InChI=1S/C21H10Cl3F3N2O2/c22-14-6-4-12(21(25,26)27)9-17(14)29-20(30)11(10-28)8-13-5-7-18(31-13)19-15(23)2-1-3-16(19)24/h1-9H,(H,29,30)/b11-8+. The molecule has 0 radical (unpaired) electrons. The maximum Gasteiger partial charge on any atom is 0.416 e. The Labute approximate surface area is 189 Å². The van der Waals surface area contributed by atoms with Crippen molar-refractivity contribution in [1.82, 2.24) is 0 Å². The number of nitriles is 1. The zero-order chi connectivity index (χ0) is 22.8. The average Bonchev–Trinajstić information content (AvgIpc) is 3.14. The number of carbonyl (C=O) groups is 1. The fourth-order valence-corrected chi connectivity index (χ4v) is 3.32. The number of nitrogens with one attached hydrogen (secondary N) is 1. The normalized spacial score (nSPS) is 11.8. The van der Waals surface area contributed by atoms with E-state index in [2.05, 4.69) is 5.32 Å². The van der Waals surface area contributed by atoms with E-state index in [1.807, 2.05) is 0 Å². The molecule has 31 heavy (non-hydrogen) atoms. The van der Waals surface area contributed by atoms with E-state index in [1.54, 1.807) is 30.3 Å². The molecule has 0 aliphatic heterocycles. The molecule has 158 valence electrons. The molecule has 1 amide bonds. The van der Waals surface area contributed by atoms with Crippen molar-refractivity contribution in [2.75, 3.05) is 5.32 Å². The molecular formula is C21H10Cl3F3N2O2. The van der Waals surface area contributed by atoms with Crippen molar-refractivity contribution in [3.8, 4) is 17.4 Å². The van der Waals surface area contributed by atoms with Crippen molar-refractivity contribution < 1.29 is 22.4 Å². The number of carbonyl (C=O) groups excluding carboxylic acids is 1. The zero-order valence-electron chi connectivity index (χ0n) is 15.2. The molecule has 0 unspecified atom stereocenters. The first-order valence-corrected chi connectivity index (χ1v) is 9.57. The van der Waals surface area contributed by atoms with E-state index in [1.165, 1.54) is 6.07 Å². The maximum absolute atomic E-state index is 12.9. The number of hydrogen-bond donors (Lipinski definition) is 1. The van der Waals surface area contributed by atoms with Gasteiger partial charge in [-0.1, -0.05) is 40.9 Å². The number of rotatable bonds is 4. The monoisotopic (exact) mass is 484 g/mol. The summed E-state index contributed by atoms with van der Waals surface area (Å²) >= 11 is 18.1. The van der Waals surface area contributed by atoms with E-state index in [-0.39, 0.29) is 16.5 Å². The number of furan rings is 1. The maximum atomic E-state index is 12.9. The van der Waals surface area contributed by atoms with Gasteiger partial charge in [0.05, 0.1) is 31.9 Å². The smallest absolute Gasteiger partial charge is 0.416 e. The van der Waals surface area contributed by atoms with Crippen LogP contribution in [-0.4, -0.2) is 5.91 Å². The van der Waals surface area contributed by atoms with Crippen molar-refractivity contribution in [2.45, 2.75) is 6.18 Å². The van der Waals surface area contributed by atoms with Gasteiger partial charge >= 0.3 is 6.18 Å². The van der Waals surface area contributed by atoms with Crippen molar-refractivity contribution in [2.24, 2.45) is 0 Å². The lowest BCUT2D eigenvalue weighted by Crippen LogP contribution is -2.15. The van der Waals surface area contributed by atoms with E-state index < -0.39 is 23.2 Å². The molecule has 0 aliphatic rings. The third-order valence-electron chi connectivity index (χ3n) is 4.03. The summed E-state index contributed by atoms with van der Waals surface area (Å²) < 4.78 is 44.3. The van der Waals surface area contributed by atoms with Gasteiger partial charge in [0.25, 0.3) is 5.91 Å². The lowest BCUT2D eigenvalue weighted by molar-refractivity contribution is -0.137. The van der Waals surface area contributed by atoms with Gasteiger partial charge in [0.2, 0.25) is 0 Å². The van der Waals surface area contributed by atoms with Crippen LogP contribution in [0.4, 0.5) is 18.9 Å². The lowest BCUT2D eigenvalue weighted by Gasteiger charge is -2.11. The summed E-state index contributed by atoms with van der Waals surface area (Å²) in [6.45, 7) is 0. The van der Waals surface area contributed by atoms with Crippen LogP contribution in [-0.2, 0) is 11.0 Å². The highest BCUT2D eigenvalue weighted by Crippen LogP contribution is 2.36. The van der Waals surface area contributed by atoms with Gasteiger partial charge in [-0.25, -0.2) is 0 Å². The fraction of sp³-hybridized carbons (Fsp3) is 0.0476.